The van der Waals surface area contributed by atoms with Crippen LogP contribution in [0.1, 0.15) is 12.5 Å². The fourth-order valence-corrected chi connectivity index (χ4v) is 1.66. The quantitative estimate of drug-likeness (QED) is 0.752. The van der Waals surface area contributed by atoms with E-state index in [1.165, 1.54) is 0 Å². The van der Waals surface area contributed by atoms with Gasteiger partial charge in [0.2, 0.25) is 0 Å². The fourth-order valence-electron chi connectivity index (χ4n) is 1.26. The molecule has 0 aliphatic heterocycles. The summed E-state index contributed by atoms with van der Waals surface area (Å²) in [6.07, 6.45) is 0.909. The van der Waals surface area contributed by atoms with E-state index in [0.29, 0.717) is 0 Å². The molecule has 0 saturated carbocycles. The number of ether oxygens (including phenoxy) is 2. The average Bonchev–Trinajstić information content (AvgIpc) is 2.16. The minimum absolute atomic E-state index is 0.777. The summed E-state index contributed by atoms with van der Waals surface area (Å²) in [5.41, 5.74) is 1.12. The summed E-state index contributed by atoms with van der Waals surface area (Å²) < 4.78 is 10.3. The molecule has 0 N–H and O–H groups in total. The van der Waals surface area contributed by atoms with E-state index in [0.717, 1.165) is 28.4 Å². The van der Waals surface area contributed by atoms with E-state index < -0.39 is 0 Å². The number of thiol groups is 1. The van der Waals surface area contributed by atoms with Crippen molar-refractivity contribution in [1.29, 1.82) is 0 Å². The van der Waals surface area contributed by atoms with E-state index in [1.54, 1.807) is 14.2 Å². The highest BCUT2D eigenvalue weighted by molar-refractivity contribution is 7.80. The van der Waals surface area contributed by atoms with Gasteiger partial charge in [0.15, 0.2) is 0 Å². The molecule has 1 aromatic carbocycles. The zero-order valence-electron chi connectivity index (χ0n) is 8.13. The van der Waals surface area contributed by atoms with Crippen molar-refractivity contribution in [3.05, 3.63) is 17.7 Å². The van der Waals surface area contributed by atoms with Gasteiger partial charge < -0.3 is 9.47 Å². The first kappa shape index (κ1) is 10.3. The Morgan fingerprint density at radius 2 is 1.92 bits per heavy atom. The monoisotopic (exact) mass is 198 g/mol. The maximum absolute atomic E-state index is 5.23. The van der Waals surface area contributed by atoms with Crippen LogP contribution in [0.2, 0.25) is 0 Å². The van der Waals surface area contributed by atoms with E-state index in [9.17, 15) is 0 Å². The third-order valence-corrected chi connectivity index (χ3v) is 2.37. The highest BCUT2D eigenvalue weighted by atomic mass is 32.1. The second kappa shape index (κ2) is 4.42. The van der Waals surface area contributed by atoms with Gasteiger partial charge in [-0.3, -0.25) is 0 Å². The first-order valence-electron chi connectivity index (χ1n) is 4.16. The van der Waals surface area contributed by atoms with Gasteiger partial charge in [-0.25, -0.2) is 0 Å². The van der Waals surface area contributed by atoms with E-state index in [4.69, 9.17) is 9.47 Å². The summed E-state index contributed by atoms with van der Waals surface area (Å²) in [5.74, 6) is 1.62. The van der Waals surface area contributed by atoms with Gasteiger partial charge in [-0.05, 0) is 12.5 Å². The van der Waals surface area contributed by atoms with Crippen LogP contribution >= 0.6 is 12.6 Å². The summed E-state index contributed by atoms with van der Waals surface area (Å²) >= 11 is 4.37. The molecule has 0 heterocycles. The predicted molar refractivity (Wildman–Crippen MR) is 56.2 cm³/mol. The number of rotatable bonds is 3. The Bertz CT molecular complexity index is 297. The highest BCUT2D eigenvalue weighted by Crippen LogP contribution is 2.31. The number of benzene rings is 1. The second-order valence-corrected chi connectivity index (χ2v) is 3.16. The molecule has 0 spiro atoms. The van der Waals surface area contributed by atoms with E-state index >= 15 is 0 Å². The second-order valence-electron chi connectivity index (χ2n) is 2.68. The molecule has 1 rings (SSSR count). The standard InChI is InChI=1S/C10H14O2S/c1-4-8-9(12-3)5-7(11-2)6-10(8)13/h5-6,13H,4H2,1-3H3. The first-order valence-corrected chi connectivity index (χ1v) is 4.61. The maximum Gasteiger partial charge on any atom is 0.126 e. The van der Waals surface area contributed by atoms with Crippen LogP contribution in [-0.4, -0.2) is 14.2 Å². The van der Waals surface area contributed by atoms with Gasteiger partial charge in [0, 0.05) is 16.5 Å². The molecule has 0 aliphatic carbocycles. The molecule has 0 saturated heterocycles. The summed E-state index contributed by atoms with van der Waals surface area (Å²) in [4.78, 5) is 0.915. The topological polar surface area (TPSA) is 18.5 Å². The minimum atomic E-state index is 0.777. The van der Waals surface area contributed by atoms with Crippen LogP contribution in [0.4, 0.5) is 0 Å². The smallest absolute Gasteiger partial charge is 0.126 e. The van der Waals surface area contributed by atoms with Crippen LogP contribution in [0.25, 0.3) is 0 Å². The maximum atomic E-state index is 5.23. The predicted octanol–water partition coefficient (Wildman–Crippen LogP) is 2.55. The molecule has 0 bridgehead atoms. The fraction of sp³-hybridized carbons (Fsp3) is 0.400. The van der Waals surface area contributed by atoms with Gasteiger partial charge in [0.05, 0.1) is 14.2 Å². The third-order valence-electron chi connectivity index (χ3n) is 1.97. The van der Waals surface area contributed by atoms with Crippen LogP contribution in [0.15, 0.2) is 17.0 Å². The molecular formula is C10H14O2S. The third kappa shape index (κ3) is 2.10. The minimum Gasteiger partial charge on any atom is -0.497 e. The summed E-state index contributed by atoms with van der Waals surface area (Å²) in [6, 6.07) is 3.77. The molecule has 3 heteroatoms. The molecule has 0 atom stereocenters. The lowest BCUT2D eigenvalue weighted by molar-refractivity contribution is 0.389. The van der Waals surface area contributed by atoms with Gasteiger partial charge in [-0.2, -0.15) is 0 Å². The van der Waals surface area contributed by atoms with Crippen molar-refractivity contribution in [3.63, 3.8) is 0 Å². The van der Waals surface area contributed by atoms with Crippen molar-refractivity contribution in [2.75, 3.05) is 14.2 Å². The van der Waals surface area contributed by atoms with E-state index in [1.807, 2.05) is 12.1 Å². The lowest BCUT2D eigenvalue weighted by Crippen LogP contribution is -1.94. The summed E-state index contributed by atoms with van der Waals surface area (Å²) in [5, 5.41) is 0. The first-order chi connectivity index (χ1) is 6.22. The van der Waals surface area contributed by atoms with Crippen molar-refractivity contribution in [1.82, 2.24) is 0 Å². The molecule has 1 aromatic rings. The van der Waals surface area contributed by atoms with Gasteiger partial charge in [-0.1, -0.05) is 6.92 Å². The number of methoxy groups -OCH3 is 2. The zero-order valence-corrected chi connectivity index (χ0v) is 9.02. The van der Waals surface area contributed by atoms with Crippen LogP contribution < -0.4 is 9.47 Å². The molecule has 0 unspecified atom stereocenters. The van der Waals surface area contributed by atoms with Gasteiger partial charge in [0.1, 0.15) is 11.5 Å². The average molecular weight is 198 g/mol. The SMILES string of the molecule is CCc1c(S)cc(OC)cc1OC. The summed E-state index contributed by atoms with van der Waals surface area (Å²) in [6.45, 7) is 2.07. The van der Waals surface area contributed by atoms with Crippen LogP contribution in [0, 0.1) is 0 Å². The van der Waals surface area contributed by atoms with E-state index in [-0.39, 0.29) is 0 Å². The van der Waals surface area contributed by atoms with Gasteiger partial charge in [0.25, 0.3) is 0 Å². The lowest BCUT2D eigenvalue weighted by atomic mass is 10.1. The van der Waals surface area contributed by atoms with Crippen molar-refractivity contribution >= 4 is 12.6 Å². The Balaban J connectivity index is 3.20. The molecule has 0 radical (unpaired) electrons. The Labute approximate surface area is 84.3 Å². The molecule has 0 aromatic heterocycles. The van der Waals surface area contributed by atoms with Crippen molar-refractivity contribution in [2.45, 2.75) is 18.2 Å². The Hall–Kier alpha value is -0.830. The molecule has 0 amide bonds. The normalized spacial score (nSPS) is 9.85. The lowest BCUT2D eigenvalue weighted by Gasteiger charge is -2.11. The number of hydrogen-bond acceptors (Lipinski definition) is 3. The Morgan fingerprint density at radius 1 is 1.23 bits per heavy atom. The molecule has 13 heavy (non-hydrogen) atoms. The van der Waals surface area contributed by atoms with Crippen molar-refractivity contribution in [3.8, 4) is 11.5 Å². The van der Waals surface area contributed by atoms with Crippen molar-refractivity contribution < 1.29 is 9.47 Å². The molecule has 0 fully saturated rings. The van der Waals surface area contributed by atoms with E-state index in [2.05, 4.69) is 19.6 Å². The van der Waals surface area contributed by atoms with Gasteiger partial charge >= 0.3 is 0 Å². The zero-order chi connectivity index (χ0) is 9.84. The Morgan fingerprint density at radius 3 is 2.38 bits per heavy atom. The molecule has 0 aliphatic rings. The molecular weight excluding hydrogens is 184 g/mol. The van der Waals surface area contributed by atoms with Crippen LogP contribution in [0.5, 0.6) is 11.5 Å². The highest BCUT2D eigenvalue weighted by Gasteiger charge is 2.07. The molecule has 72 valence electrons. The van der Waals surface area contributed by atoms with Crippen molar-refractivity contribution in [2.24, 2.45) is 0 Å². The number of hydrogen-bond donors (Lipinski definition) is 1. The van der Waals surface area contributed by atoms with Crippen LogP contribution in [0.3, 0.4) is 0 Å². The van der Waals surface area contributed by atoms with Gasteiger partial charge in [-0.15, -0.1) is 12.6 Å². The Kier molecular flexibility index (Phi) is 3.48. The van der Waals surface area contributed by atoms with Crippen LogP contribution in [-0.2, 0) is 6.42 Å². The summed E-state index contributed by atoms with van der Waals surface area (Å²) in [7, 11) is 3.29. The molecule has 2 nitrogen and oxygen atoms in total. The largest absolute Gasteiger partial charge is 0.497 e.